The first kappa shape index (κ1) is 30.5. The first-order valence-corrected chi connectivity index (χ1v) is 10.8. The van der Waals surface area contributed by atoms with Crippen LogP contribution in [-0.4, -0.2) is 103 Å². The minimum atomic E-state index is -0.719. The first-order valence-electron chi connectivity index (χ1n) is 10.8. The fourth-order valence-electron chi connectivity index (χ4n) is 1.94. The zero-order chi connectivity index (χ0) is 23.9. The molecule has 0 saturated carbocycles. The SMILES string of the molecule is CC(C)(C)OC(=O)NNC(=O)CCOCCOCCOCCOCCOCCOCCN. The minimum absolute atomic E-state index is 0.103. The molecule has 0 spiro atoms. The van der Waals surface area contributed by atoms with Crippen LogP contribution in [0, 0.1) is 0 Å². The Morgan fingerprint density at radius 3 is 1.38 bits per heavy atom. The molecule has 0 aromatic heterocycles. The highest BCUT2D eigenvalue weighted by Gasteiger charge is 2.16. The van der Waals surface area contributed by atoms with Gasteiger partial charge in [-0.15, -0.1) is 0 Å². The van der Waals surface area contributed by atoms with Crippen LogP contribution in [0.5, 0.6) is 0 Å². The predicted octanol–water partition coefficient (Wildman–Crippen LogP) is -0.00930. The van der Waals surface area contributed by atoms with E-state index in [2.05, 4.69) is 10.9 Å². The van der Waals surface area contributed by atoms with E-state index < -0.39 is 11.7 Å². The lowest BCUT2D eigenvalue weighted by Gasteiger charge is -2.19. The summed E-state index contributed by atoms with van der Waals surface area (Å²) in [5, 5.41) is 0. The molecule has 32 heavy (non-hydrogen) atoms. The number of nitrogens with one attached hydrogen (secondary N) is 2. The van der Waals surface area contributed by atoms with Crippen molar-refractivity contribution in [2.45, 2.75) is 32.8 Å². The highest BCUT2D eigenvalue weighted by atomic mass is 16.6. The lowest BCUT2D eigenvalue weighted by Crippen LogP contribution is -2.44. The van der Waals surface area contributed by atoms with Crippen molar-refractivity contribution < 1.29 is 42.7 Å². The van der Waals surface area contributed by atoms with E-state index in [-0.39, 0.29) is 18.9 Å². The van der Waals surface area contributed by atoms with Gasteiger partial charge in [0.25, 0.3) is 0 Å². The zero-order valence-electron chi connectivity index (χ0n) is 19.7. The Labute approximate surface area is 190 Å². The van der Waals surface area contributed by atoms with Crippen LogP contribution in [0.15, 0.2) is 0 Å². The summed E-state index contributed by atoms with van der Waals surface area (Å²) in [7, 11) is 0. The molecule has 0 bridgehead atoms. The van der Waals surface area contributed by atoms with E-state index in [1.165, 1.54) is 0 Å². The molecule has 0 heterocycles. The van der Waals surface area contributed by atoms with E-state index in [0.29, 0.717) is 79.2 Å². The zero-order valence-corrected chi connectivity index (χ0v) is 19.7. The quantitative estimate of drug-likeness (QED) is 0.165. The van der Waals surface area contributed by atoms with Gasteiger partial charge in [-0.25, -0.2) is 10.2 Å². The number of rotatable bonds is 20. The summed E-state index contributed by atoms with van der Waals surface area (Å²) in [6.07, 6.45) is -0.616. The van der Waals surface area contributed by atoms with Crippen molar-refractivity contribution in [3.63, 3.8) is 0 Å². The molecular formula is C20H41N3O9. The molecule has 0 radical (unpaired) electrons. The smallest absolute Gasteiger partial charge is 0.426 e. The highest BCUT2D eigenvalue weighted by Crippen LogP contribution is 2.05. The van der Waals surface area contributed by atoms with Crippen molar-refractivity contribution in [3.8, 4) is 0 Å². The van der Waals surface area contributed by atoms with Crippen LogP contribution in [0.1, 0.15) is 27.2 Å². The Hall–Kier alpha value is -1.54. The lowest BCUT2D eigenvalue weighted by molar-refractivity contribution is -0.123. The third-order valence-corrected chi connectivity index (χ3v) is 3.30. The van der Waals surface area contributed by atoms with E-state index in [1.54, 1.807) is 20.8 Å². The van der Waals surface area contributed by atoms with Crippen molar-refractivity contribution in [3.05, 3.63) is 0 Å². The number of hydrogen-bond donors (Lipinski definition) is 3. The maximum Gasteiger partial charge on any atom is 0.426 e. The first-order chi connectivity index (χ1) is 15.3. The van der Waals surface area contributed by atoms with Crippen molar-refractivity contribution >= 4 is 12.0 Å². The van der Waals surface area contributed by atoms with Gasteiger partial charge in [0.05, 0.1) is 85.7 Å². The molecule has 0 aromatic carbocycles. The Kier molecular flexibility index (Phi) is 20.3. The molecule has 0 aliphatic carbocycles. The van der Waals surface area contributed by atoms with Gasteiger partial charge in [-0.1, -0.05) is 0 Å². The second-order valence-corrected chi connectivity index (χ2v) is 7.39. The Balaban J connectivity index is 3.23. The summed E-state index contributed by atoms with van der Waals surface area (Å²) in [5.41, 5.74) is 9.09. The molecule has 0 aromatic rings. The summed E-state index contributed by atoms with van der Waals surface area (Å²) in [5.74, 6) is -0.379. The van der Waals surface area contributed by atoms with E-state index >= 15 is 0 Å². The largest absolute Gasteiger partial charge is 0.443 e. The molecule has 190 valence electrons. The van der Waals surface area contributed by atoms with Crippen LogP contribution >= 0.6 is 0 Å². The maximum atomic E-state index is 11.6. The summed E-state index contributed by atoms with van der Waals surface area (Å²) in [4.78, 5) is 22.9. The number of amides is 2. The number of hydrogen-bond acceptors (Lipinski definition) is 10. The number of hydrazine groups is 1. The fraction of sp³-hybridized carbons (Fsp3) is 0.900. The van der Waals surface area contributed by atoms with Gasteiger partial charge in [0.15, 0.2) is 0 Å². The molecular weight excluding hydrogens is 426 g/mol. The third-order valence-electron chi connectivity index (χ3n) is 3.30. The molecule has 4 N–H and O–H groups in total. The van der Waals surface area contributed by atoms with Crippen LogP contribution in [0.4, 0.5) is 4.79 Å². The van der Waals surface area contributed by atoms with Gasteiger partial charge >= 0.3 is 6.09 Å². The summed E-state index contributed by atoms with van der Waals surface area (Å²) >= 11 is 0. The molecule has 0 aliphatic heterocycles. The number of carbonyl (C=O) groups is 2. The summed E-state index contributed by atoms with van der Waals surface area (Å²) in [6, 6.07) is 0. The fourth-order valence-corrected chi connectivity index (χ4v) is 1.94. The standard InChI is InChI=1S/C20H41N3O9/c1-20(2,3)32-19(25)23-22-18(24)4-6-26-8-10-28-12-14-30-16-17-31-15-13-29-11-9-27-7-5-21/h4-17,21H2,1-3H3,(H,22,24)(H,23,25). The number of ether oxygens (including phenoxy) is 7. The van der Waals surface area contributed by atoms with Crippen molar-refractivity contribution in [1.29, 1.82) is 0 Å². The molecule has 2 amide bonds. The molecule has 12 heteroatoms. The van der Waals surface area contributed by atoms with Crippen LogP contribution in [-0.2, 0) is 38.0 Å². The van der Waals surface area contributed by atoms with Gasteiger partial charge < -0.3 is 38.9 Å². The number of nitrogens with two attached hydrogens (primary N) is 1. The highest BCUT2D eigenvalue weighted by molar-refractivity contribution is 5.79. The van der Waals surface area contributed by atoms with E-state index in [9.17, 15) is 9.59 Å². The normalized spacial score (nSPS) is 11.4. The third kappa shape index (κ3) is 24.7. The molecule has 0 unspecified atom stereocenters. The Morgan fingerprint density at radius 2 is 1.00 bits per heavy atom. The van der Waals surface area contributed by atoms with E-state index in [1.807, 2.05) is 0 Å². The van der Waals surface area contributed by atoms with Crippen molar-refractivity contribution in [2.24, 2.45) is 5.73 Å². The Morgan fingerprint density at radius 1 is 0.625 bits per heavy atom. The Bertz CT molecular complexity index is 462. The van der Waals surface area contributed by atoms with Gasteiger partial charge in [-0.2, -0.15) is 0 Å². The topological polar surface area (TPSA) is 149 Å². The van der Waals surface area contributed by atoms with Gasteiger partial charge in [-0.3, -0.25) is 10.2 Å². The average molecular weight is 468 g/mol. The molecule has 12 nitrogen and oxygen atoms in total. The predicted molar refractivity (Wildman–Crippen MR) is 116 cm³/mol. The van der Waals surface area contributed by atoms with E-state index in [4.69, 9.17) is 38.9 Å². The van der Waals surface area contributed by atoms with Gasteiger partial charge in [0.1, 0.15) is 5.60 Å². The van der Waals surface area contributed by atoms with Gasteiger partial charge in [0, 0.05) is 6.54 Å². The monoisotopic (exact) mass is 467 g/mol. The van der Waals surface area contributed by atoms with Gasteiger partial charge in [0.2, 0.25) is 5.91 Å². The van der Waals surface area contributed by atoms with Crippen molar-refractivity contribution in [2.75, 3.05) is 85.8 Å². The second kappa shape index (κ2) is 21.3. The summed E-state index contributed by atoms with van der Waals surface area (Å²) < 4.78 is 36.9. The van der Waals surface area contributed by atoms with Crippen LogP contribution in [0.3, 0.4) is 0 Å². The molecule has 0 atom stereocenters. The van der Waals surface area contributed by atoms with Crippen LogP contribution in [0.2, 0.25) is 0 Å². The number of carbonyl (C=O) groups excluding carboxylic acids is 2. The maximum absolute atomic E-state index is 11.6. The average Bonchev–Trinajstić information content (AvgIpc) is 2.72. The van der Waals surface area contributed by atoms with Gasteiger partial charge in [-0.05, 0) is 20.8 Å². The molecule has 0 fully saturated rings. The lowest BCUT2D eigenvalue weighted by atomic mass is 10.2. The minimum Gasteiger partial charge on any atom is -0.443 e. The second-order valence-electron chi connectivity index (χ2n) is 7.39. The molecule has 0 aliphatic rings. The van der Waals surface area contributed by atoms with Crippen molar-refractivity contribution in [1.82, 2.24) is 10.9 Å². The molecule has 0 rings (SSSR count). The molecule has 0 saturated heterocycles. The van der Waals surface area contributed by atoms with Crippen LogP contribution < -0.4 is 16.6 Å². The summed E-state index contributed by atoms with van der Waals surface area (Å²) in [6.45, 7) is 11.1. The van der Waals surface area contributed by atoms with Crippen LogP contribution in [0.25, 0.3) is 0 Å². The van der Waals surface area contributed by atoms with E-state index in [0.717, 1.165) is 0 Å².